The highest BCUT2D eigenvalue weighted by atomic mass is 16.4. The van der Waals surface area contributed by atoms with Crippen molar-refractivity contribution in [3.63, 3.8) is 0 Å². The summed E-state index contributed by atoms with van der Waals surface area (Å²) in [6.45, 7) is 7.93. The first-order chi connectivity index (χ1) is 14.0. The standard InChI is InChI=1S/C20H27N3.C2H2O4/c1-2-23(17-18-6-4-3-5-7-18)20-10-14-22(15-11-20)16-19-8-12-21-13-9-19;3-1(4)2(5)6/h3-9,12-13,20H,2,10-11,14-17H2,1H3;(H,3,4)(H,5,6). The van der Waals surface area contributed by atoms with Crippen LogP contribution in [0.15, 0.2) is 54.9 Å². The molecular formula is C22H29N3O4. The van der Waals surface area contributed by atoms with Gasteiger partial charge in [0.15, 0.2) is 0 Å². The number of benzene rings is 1. The molecule has 156 valence electrons. The molecule has 0 atom stereocenters. The summed E-state index contributed by atoms with van der Waals surface area (Å²) in [5.74, 6) is -3.65. The molecule has 1 aromatic carbocycles. The first-order valence-corrected chi connectivity index (χ1v) is 9.85. The zero-order valence-corrected chi connectivity index (χ0v) is 16.8. The molecule has 0 spiro atoms. The minimum Gasteiger partial charge on any atom is -0.473 e. The van der Waals surface area contributed by atoms with Gasteiger partial charge in [-0.25, -0.2) is 9.59 Å². The smallest absolute Gasteiger partial charge is 0.414 e. The van der Waals surface area contributed by atoms with Gasteiger partial charge in [0.25, 0.3) is 0 Å². The van der Waals surface area contributed by atoms with Crippen LogP contribution in [0.3, 0.4) is 0 Å². The van der Waals surface area contributed by atoms with E-state index < -0.39 is 11.9 Å². The van der Waals surface area contributed by atoms with Crippen molar-refractivity contribution in [3.8, 4) is 0 Å². The number of carboxylic acid groups (broad SMARTS) is 2. The normalized spacial score (nSPS) is 14.8. The average Bonchev–Trinajstić information content (AvgIpc) is 2.74. The van der Waals surface area contributed by atoms with Crippen LogP contribution in [-0.4, -0.2) is 62.6 Å². The molecule has 0 unspecified atom stereocenters. The number of carbonyl (C=O) groups is 2. The van der Waals surface area contributed by atoms with Gasteiger partial charge in [-0.3, -0.25) is 14.8 Å². The van der Waals surface area contributed by atoms with E-state index in [0.717, 1.165) is 19.6 Å². The predicted octanol–water partition coefficient (Wildman–Crippen LogP) is 2.72. The molecule has 7 heteroatoms. The van der Waals surface area contributed by atoms with Crippen molar-refractivity contribution < 1.29 is 19.8 Å². The summed E-state index contributed by atoms with van der Waals surface area (Å²) in [7, 11) is 0. The number of carboxylic acids is 2. The van der Waals surface area contributed by atoms with E-state index in [1.165, 1.54) is 37.1 Å². The van der Waals surface area contributed by atoms with E-state index in [1.807, 2.05) is 12.4 Å². The third-order valence-corrected chi connectivity index (χ3v) is 5.05. The third-order valence-electron chi connectivity index (χ3n) is 5.05. The van der Waals surface area contributed by atoms with Crippen LogP contribution in [0.4, 0.5) is 0 Å². The highest BCUT2D eigenvalue weighted by Gasteiger charge is 2.23. The first kappa shape index (κ1) is 22.5. The number of hydrogen-bond acceptors (Lipinski definition) is 5. The number of nitrogens with zero attached hydrogens (tertiary/aromatic N) is 3. The number of hydrogen-bond donors (Lipinski definition) is 2. The summed E-state index contributed by atoms with van der Waals surface area (Å²) in [5.41, 5.74) is 2.80. The number of aliphatic carboxylic acids is 2. The van der Waals surface area contributed by atoms with Gasteiger partial charge < -0.3 is 10.2 Å². The molecule has 0 saturated carbocycles. The minimum atomic E-state index is -1.82. The van der Waals surface area contributed by atoms with Crippen molar-refractivity contribution >= 4 is 11.9 Å². The Bertz CT molecular complexity index is 735. The monoisotopic (exact) mass is 399 g/mol. The van der Waals surface area contributed by atoms with Crippen LogP contribution in [0.25, 0.3) is 0 Å². The molecule has 2 N–H and O–H groups in total. The summed E-state index contributed by atoms with van der Waals surface area (Å²) in [6, 6.07) is 15.8. The second kappa shape index (κ2) is 11.9. The highest BCUT2D eigenvalue weighted by Crippen LogP contribution is 2.20. The summed E-state index contributed by atoms with van der Waals surface area (Å²) in [6.07, 6.45) is 6.32. The van der Waals surface area contributed by atoms with E-state index in [1.54, 1.807) is 0 Å². The Morgan fingerprint density at radius 2 is 1.59 bits per heavy atom. The fraction of sp³-hybridized carbons (Fsp3) is 0.409. The number of piperidine rings is 1. The zero-order chi connectivity index (χ0) is 21.1. The maximum atomic E-state index is 9.10. The van der Waals surface area contributed by atoms with Gasteiger partial charge in [0.1, 0.15) is 0 Å². The van der Waals surface area contributed by atoms with Gasteiger partial charge in [0.05, 0.1) is 0 Å². The van der Waals surface area contributed by atoms with Crippen LogP contribution in [0, 0.1) is 0 Å². The summed E-state index contributed by atoms with van der Waals surface area (Å²) in [4.78, 5) is 27.5. The SMILES string of the molecule is CCN(Cc1ccccc1)C1CCN(Cc2ccncc2)CC1.O=C(O)C(=O)O. The van der Waals surface area contributed by atoms with E-state index in [4.69, 9.17) is 19.8 Å². The molecule has 2 aromatic rings. The Kier molecular flexibility index (Phi) is 9.27. The molecule has 1 fully saturated rings. The van der Waals surface area contributed by atoms with Crippen LogP contribution < -0.4 is 0 Å². The molecule has 3 rings (SSSR count). The van der Waals surface area contributed by atoms with E-state index in [-0.39, 0.29) is 0 Å². The molecule has 1 saturated heterocycles. The molecule has 0 amide bonds. The molecule has 0 aliphatic carbocycles. The van der Waals surface area contributed by atoms with Crippen molar-refractivity contribution in [2.75, 3.05) is 19.6 Å². The van der Waals surface area contributed by atoms with E-state index >= 15 is 0 Å². The predicted molar refractivity (Wildman–Crippen MR) is 110 cm³/mol. The van der Waals surface area contributed by atoms with Crippen molar-refractivity contribution in [2.24, 2.45) is 0 Å². The van der Waals surface area contributed by atoms with E-state index in [0.29, 0.717) is 6.04 Å². The summed E-state index contributed by atoms with van der Waals surface area (Å²) >= 11 is 0. The van der Waals surface area contributed by atoms with Gasteiger partial charge in [-0.15, -0.1) is 0 Å². The lowest BCUT2D eigenvalue weighted by Gasteiger charge is -2.38. The third kappa shape index (κ3) is 8.01. The fourth-order valence-corrected chi connectivity index (χ4v) is 3.51. The molecule has 7 nitrogen and oxygen atoms in total. The molecule has 29 heavy (non-hydrogen) atoms. The Balaban J connectivity index is 0.000000438. The quantitative estimate of drug-likeness (QED) is 0.721. The molecule has 0 bridgehead atoms. The highest BCUT2D eigenvalue weighted by molar-refractivity contribution is 6.27. The van der Waals surface area contributed by atoms with Crippen LogP contribution in [0.5, 0.6) is 0 Å². The Hall–Kier alpha value is -2.77. The van der Waals surface area contributed by atoms with Gasteiger partial charge in [-0.2, -0.15) is 0 Å². The average molecular weight is 399 g/mol. The molecule has 2 heterocycles. The molecule has 1 aliphatic rings. The van der Waals surface area contributed by atoms with Gasteiger partial charge >= 0.3 is 11.9 Å². The van der Waals surface area contributed by atoms with Gasteiger partial charge in [0, 0.05) is 31.5 Å². The van der Waals surface area contributed by atoms with Gasteiger partial charge in [-0.05, 0) is 55.7 Å². The van der Waals surface area contributed by atoms with E-state index in [9.17, 15) is 0 Å². The molecule has 1 aliphatic heterocycles. The van der Waals surface area contributed by atoms with Crippen molar-refractivity contribution in [2.45, 2.75) is 38.9 Å². The van der Waals surface area contributed by atoms with Gasteiger partial charge in [0.2, 0.25) is 0 Å². The molecule has 1 aromatic heterocycles. The number of rotatable bonds is 6. The Morgan fingerprint density at radius 3 is 2.10 bits per heavy atom. The lowest BCUT2D eigenvalue weighted by molar-refractivity contribution is -0.159. The largest absolute Gasteiger partial charge is 0.473 e. The number of pyridine rings is 1. The molecular weight excluding hydrogens is 370 g/mol. The maximum Gasteiger partial charge on any atom is 0.414 e. The summed E-state index contributed by atoms with van der Waals surface area (Å²) < 4.78 is 0. The lowest BCUT2D eigenvalue weighted by atomic mass is 10.0. The second-order valence-corrected chi connectivity index (χ2v) is 7.02. The minimum absolute atomic E-state index is 0.717. The zero-order valence-electron chi connectivity index (χ0n) is 16.8. The lowest BCUT2D eigenvalue weighted by Crippen LogP contribution is -2.44. The number of likely N-dealkylation sites (tertiary alicyclic amines) is 1. The Labute approximate surface area is 171 Å². The van der Waals surface area contributed by atoms with Crippen LogP contribution in [-0.2, 0) is 22.7 Å². The topological polar surface area (TPSA) is 94.0 Å². The van der Waals surface area contributed by atoms with Crippen LogP contribution in [0.2, 0.25) is 0 Å². The molecule has 0 radical (unpaired) electrons. The number of aromatic nitrogens is 1. The van der Waals surface area contributed by atoms with E-state index in [2.05, 4.69) is 64.2 Å². The van der Waals surface area contributed by atoms with Crippen molar-refractivity contribution in [1.29, 1.82) is 0 Å². The van der Waals surface area contributed by atoms with Crippen molar-refractivity contribution in [1.82, 2.24) is 14.8 Å². The van der Waals surface area contributed by atoms with Crippen molar-refractivity contribution in [3.05, 3.63) is 66.0 Å². The Morgan fingerprint density at radius 1 is 1.00 bits per heavy atom. The second-order valence-electron chi connectivity index (χ2n) is 7.02. The summed E-state index contributed by atoms with van der Waals surface area (Å²) in [5, 5.41) is 14.8. The maximum absolute atomic E-state index is 9.10. The first-order valence-electron chi connectivity index (χ1n) is 9.85. The van der Waals surface area contributed by atoms with Gasteiger partial charge in [-0.1, -0.05) is 37.3 Å². The fourth-order valence-electron chi connectivity index (χ4n) is 3.51. The van der Waals surface area contributed by atoms with Crippen LogP contribution >= 0.6 is 0 Å². The van der Waals surface area contributed by atoms with Crippen LogP contribution in [0.1, 0.15) is 30.9 Å².